The van der Waals surface area contributed by atoms with Crippen molar-refractivity contribution in [3.8, 4) is 5.75 Å². The molecule has 0 aliphatic carbocycles. The molecule has 4 nitrogen and oxygen atoms in total. The van der Waals surface area contributed by atoms with Crippen LogP contribution in [-0.2, 0) is 11.2 Å². The fourth-order valence-electron chi connectivity index (χ4n) is 2.61. The second-order valence-electron chi connectivity index (χ2n) is 5.32. The van der Waals surface area contributed by atoms with E-state index in [9.17, 15) is 14.6 Å². The van der Waals surface area contributed by atoms with Gasteiger partial charge in [-0.3, -0.25) is 9.59 Å². The number of benzene rings is 1. The first-order valence-corrected chi connectivity index (χ1v) is 7.02. The Morgan fingerprint density at radius 2 is 2.20 bits per heavy atom. The van der Waals surface area contributed by atoms with Crippen LogP contribution >= 0.6 is 0 Å². The van der Waals surface area contributed by atoms with Gasteiger partial charge in [0.2, 0.25) is 0 Å². The topological polar surface area (TPSA) is 63.6 Å². The number of carbonyl (C=O) groups is 2. The number of hydrogen-bond acceptors (Lipinski definition) is 4. The van der Waals surface area contributed by atoms with Crippen LogP contribution in [0, 0.1) is 0 Å². The Bertz CT molecular complexity index is 527. The van der Waals surface area contributed by atoms with E-state index in [-0.39, 0.29) is 17.4 Å². The van der Waals surface area contributed by atoms with E-state index in [1.165, 1.54) is 6.92 Å². The van der Waals surface area contributed by atoms with Gasteiger partial charge in [-0.15, -0.1) is 0 Å². The lowest BCUT2D eigenvalue weighted by Crippen LogP contribution is -2.35. The highest BCUT2D eigenvalue weighted by atomic mass is 16.5. The molecule has 1 unspecified atom stereocenters. The molecule has 1 heterocycles. The fraction of sp³-hybridized carbons (Fsp3) is 0.467. The first-order valence-electron chi connectivity index (χ1n) is 7.02. The predicted octanol–water partition coefficient (Wildman–Crippen LogP) is 2.43. The number of carbonyl (C=O) groups excluding carboxylic acids is 2. The Labute approximate surface area is 119 Å². The number of hydrogen-bond donors (Lipinski definition) is 1. The van der Waals surface area contributed by atoms with E-state index in [1.807, 2.05) is 19.1 Å². The van der Waals surface area contributed by atoms with Crippen molar-refractivity contribution in [3.05, 3.63) is 29.3 Å². The fourth-order valence-corrected chi connectivity index (χ4v) is 2.61. The molecule has 1 aliphatic heterocycles. The van der Waals surface area contributed by atoms with Gasteiger partial charge in [0.05, 0.1) is 5.56 Å². The number of Topliss-reactive ketones (excluding diaryl/α,β-unsaturated/α-hetero) is 2. The van der Waals surface area contributed by atoms with Crippen molar-refractivity contribution in [2.45, 2.75) is 45.3 Å². The predicted molar refractivity (Wildman–Crippen MR) is 77.0 cm³/mol. The van der Waals surface area contributed by atoms with E-state index in [4.69, 9.17) is 4.65 Å². The van der Waals surface area contributed by atoms with Crippen LogP contribution in [0.25, 0.3) is 0 Å². The average molecular weight is 274 g/mol. The maximum Gasteiger partial charge on any atom is 0.526 e. The van der Waals surface area contributed by atoms with E-state index in [2.05, 4.69) is 0 Å². The lowest BCUT2D eigenvalue weighted by Gasteiger charge is -2.28. The quantitative estimate of drug-likeness (QED) is 0.661. The van der Waals surface area contributed by atoms with E-state index in [1.54, 1.807) is 6.07 Å². The Morgan fingerprint density at radius 3 is 2.85 bits per heavy atom. The molecule has 0 bridgehead atoms. The summed E-state index contributed by atoms with van der Waals surface area (Å²) in [6.07, 6.45) is 2.23. The summed E-state index contributed by atoms with van der Waals surface area (Å²) in [5, 5.41) is 10.1. The minimum Gasteiger partial charge on any atom is -0.535 e. The van der Waals surface area contributed by atoms with Crippen molar-refractivity contribution in [1.29, 1.82) is 0 Å². The summed E-state index contributed by atoms with van der Waals surface area (Å²) in [5.74, 6) is 0.288. The summed E-state index contributed by atoms with van der Waals surface area (Å²) >= 11 is 0. The Kier molecular flexibility index (Phi) is 4.60. The molecule has 2 rings (SSSR count). The van der Waals surface area contributed by atoms with Crippen molar-refractivity contribution < 1.29 is 19.3 Å². The maximum absolute atomic E-state index is 11.7. The monoisotopic (exact) mass is 274 g/mol. The molecule has 1 aromatic rings. The SMILES string of the molecule is CCCC(=O)CC1Cc2cccc(C(C)=O)c2OB1O. The van der Waals surface area contributed by atoms with Crippen molar-refractivity contribution in [2.75, 3.05) is 0 Å². The molecule has 0 fully saturated rings. The molecule has 0 saturated carbocycles. The van der Waals surface area contributed by atoms with E-state index < -0.39 is 7.12 Å². The molecule has 1 aliphatic rings. The first kappa shape index (κ1) is 14.8. The molecule has 0 spiro atoms. The highest BCUT2D eigenvalue weighted by Gasteiger charge is 2.37. The van der Waals surface area contributed by atoms with Gasteiger partial charge in [-0.05, 0) is 31.4 Å². The molecule has 0 radical (unpaired) electrons. The molecule has 1 atom stereocenters. The zero-order chi connectivity index (χ0) is 14.7. The molecule has 5 heteroatoms. The zero-order valence-corrected chi connectivity index (χ0v) is 11.9. The second-order valence-corrected chi connectivity index (χ2v) is 5.32. The van der Waals surface area contributed by atoms with Crippen molar-refractivity contribution in [3.63, 3.8) is 0 Å². The third-order valence-electron chi connectivity index (χ3n) is 3.62. The van der Waals surface area contributed by atoms with Crippen molar-refractivity contribution >= 4 is 18.7 Å². The molecule has 0 aromatic heterocycles. The van der Waals surface area contributed by atoms with Crippen LogP contribution in [0.3, 0.4) is 0 Å². The summed E-state index contributed by atoms with van der Waals surface area (Å²) < 4.78 is 5.50. The summed E-state index contributed by atoms with van der Waals surface area (Å²) in [7, 11) is -1.02. The highest BCUT2D eigenvalue weighted by Crippen LogP contribution is 2.36. The molecular formula is C15H19BO4. The number of para-hydroxylation sites is 1. The van der Waals surface area contributed by atoms with Gasteiger partial charge < -0.3 is 9.68 Å². The molecule has 0 amide bonds. The van der Waals surface area contributed by atoms with Gasteiger partial charge in [0.15, 0.2) is 5.78 Å². The van der Waals surface area contributed by atoms with Gasteiger partial charge in [0.25, 0.3) is 0 Å². The summed E-state index contributed by atoms with van der Waals surface area (Å²) in [6, 6.07) is 5.38. The van der Waals surface area contributed by atoms with Crippen LogP contribution in [0.15, 0.2) is 18.2 Å². The van der Waals surface area contributed by atoms with E-state index in [0.29, 0.717) is 30.6 Å². The maximum atomic E-state index is 11.7. The number of fused-ring (bicyclic) bond motifs is 1. The minimum absolute atomic E-state index is 0.0884. The van der Waals surface area contributed by atoms with Crippen molar-refractivity contribution in [1.82, 2.24) is 0 Å². The van der Waals surface area contributed by atoms with E-state index >= 15 is 0 Å². The highest BCUT2D eigenvalue weighted by molar-refractivity contribution is 6.47. The molecule has 1 N–H and O–H groups in total. The third kappa shape index (κ3) is 3.10. The van der Waals surface area contributed by atoms with Crippen LogP contribution in [0.5, 0.6) is 5.75 Å². The molecule has 20 heavy (non-hydrogen) atoms. The van der Waals surface area contributed by atoms with Crippen LogP contribution < -0.4 is 4.65 Å². The van der Waals surface area contributed by atoms with Crippen LogP contribution in [0.4, 0.5) is 0 Å². The minimum atomic E-state index is -1.02. The first-order chi connectivity index (χ1) is 9.52. The zero-order valence-electron chi connectivity index (χ0n) is 11.9. The van der Waals surface area contributed by atoms with E-state index in [0.717, 1.165) is 12.0 Å². The number of rotatable bonds is 5. The molecule has 106 valence electrons. The lowest BCUT2D eigenvalue weighted by atomic mass is 9.64. The Morgan fingerprint density at radius 1 is 1.45 bits per heavy atom. The van der Waals surface area contributed by atoms with Gasteiger partial charge in [-0.1, -0.05) is 19.1 Å². The summed E-state index contributed by atoms with van der Waals surface area (Å²) in [5.41, 5.74) is 1.37. The summed E-state index contributed by atoms with van der Waals surface area (Å²) in [6.45, 7) is 3.43. The van der Waals surface area contributed by atoms with Crippen molar-refractivity contribution in [2.24, 2.45) is 0 Å². The molecular weight excluding hydrogens is 255 g/mol. The third-order valence-corrected chi connectivity index (χ3v) is 3.62. The van der Waals surface area contributed by atoms with Gasteiger partial charge in [0, 0.05) is 18.7 Å². The van der Waals surface area contributed by atoms with Crippen LogP contribution in [0.1, 0.15) is 49.0 Å². The largest absolute Gasteiger partial charge is 0.535 e. The van der Waals surface area contributed by atoms with Gasteiger partial charge in [-0.2, -0.15) is 0 Å². The van der Waals surface area contributed by atoms with Gasteiger partial charge >= 0.3 is 7.12 Å². The standard InChI is InChI=1S/C15H19BO4/c1-3-5-13(18)9-12-8-11-6-4-7-14(10(2)17)15(11)20-16(12)19/h4,6-7,12,19H,3,5,8-9H2,1-2H3. The van der Waals surface area contributed by atoms with Crippen LogP contribution in [0.2, 0.25) is 5.82 Å². The average Bonchev–Trinajstić information content (AvgIpc) is 2.39. The van der Waals surface area contributed by atoms with Gasteiger partial charge in [0.1, 0.15) is 11.5 Å². The Balaban J connectivity index is 2.19. The lowest BCUT2D eigenvalue weighted by molar-refractivity contribution is -0.119. The number of ketones is 2. The normalized spacial score (nSPS) is 17.4. The Hall–Kier alpha value is -1.62. The smallest absolute Gasteiger partial charge is 0.526 e. The summed E-state index contributed by atoms with van der Waals surface area (Å²) in [4.78, 5) is 23.3. The molecule has 0 saturated heterocycles. The second kappa shape index (κ2) is 6.22. The van der Waals surface area contributed by atoms with Crippen LogP contribution in [-0.4, -0.2) is 23.7 Å². The van der Waals surface area contributed by atoms with Gasteiger partial charge in [-0.25, -0.2) is 0 Å². The molecule has 1 aromatic carbocycles.